The third kappa shape index (κ3) is 2.06. The van der Waals surface area contributed by atoms with Crippen molar-refractivity contribution in [1.82, 2.24) is 0 Å². The number of ketones is 1. The number of Topliss-reactive ketones (excluding diaryl/α,β-unsaturated/α-hetero) is 1. The Hall–Kier alpha value is -1.26. The third-order valence-electron chi connectivity index (χ3n) is 8.91. The molecule has 0 amide bonds. The number of hydrogen-bond donors (Lipinski definition) is 2. The molecular weight excluding hydrogens is 343 g/mol. The number of allylic oxidation sites excluding steroid dienone is 5. The summed E-state index contributed by atoms with van der Waals surface area (Å²) in [7, 11) is 0. The molecule has 3 unspecified atom stereocenters. The molecule has 0 aromatic heterocycles. The molecule has 7 atom stereocenters. The first-order valence-corrected chi connectivity index (χ1v) is 10.2. The zero-order chi connectivity index (χ0) is 19.8. The Morgan fingerprint density at radius 1 is 1.33 bits per heavy atom. The molecule has 0 aromatic rings. The molecular formula is C23H31FO3. The van der Waals surface area contributed by atoms with Crippen LogP contribution in [0.4, 0.5) is 4.39 Å². The normalized spacial score (nSPS) is 51.3. The Bertz CT molecular complexity index is 770. The molecule has 4 aliphatic carbocycles. The van der Waals surface area contributed by atoms with Gasteiger partial charge in [0.1, 0.15) is 17.9 Å². The summed E-state index contributed by atoms with van der Waals surface area (Å²) in [4.78, 5) is 12.5. The van der Waals surface area contributed by atoms with Crippen LogP contribution in [0.1, 0.15) is 52.9 Å². The first-order chi connectivity index (χ1) is 12.5. The second-order valence-electron chi connectivity index (χ2n) is 9.80. The van der Waals surface area contributed by atoms with Crippen LogP contribution in [0, 0.1) is 28.6 Å². The molecule has 4 aliphatic rings. The van der Waals surface area contributed by atoms with E-state index in [4.69, 9.17) is 0 Å². The number of carbonyl (C=O) groups is 1. The smallest absolute Gasteiger partial charge is 0.190 e. The first kappa shape index (κ1) is 19.1. The van der Waals surface area contributed by atoms with Gasteiger partial charge in [-0.1, -0.05) is 44.2 Å². The van der Waals surface area contributed by atoms with Crippen molar-refractivity contribution in [3.05, 3.63) is 36.0 Å². The summed E-state index contributed by atoms with van der Waals surface area (Å²) in [6.45, 7) is 9.16. The van der Waals surface area contributed by atoms with Crippen LogP contribution in [0.2, 0.25) is 0 Å². The number of halogens is 1. The number of aliphatic hydroxyl groups is 2. The van der Waals surface area contributed by atoms with E-state index in [0.29, 0.717) is 19.3 Å². The van der Waals surface area contributed by atoms with E-state index in [-0.39, 0.29) is 17.8 Å². The van der Waals surface area contributed by atoms with Crippen molar-refractivity contribution in [2.24, 2.45) is 28.6 Å². The van der Waals surface area contributed by atoms with Crippen molar-refractivity contribution < 1.29 is 19.4 Å². The largest absolute Gasteiger partial charge is 0.388 e. The van der Waals surface area contributed by atoms with Gasteiger partial charge in [0.2, 0.25) is 0 Å². The highest BCUT2D eigenvalue weighted by molar-refractivity contribution is 5.90. The minimum atomic E-state index is -1.57. The van der Waals surface area contributed by atoms with Gasteiger partial charge in [-0.3, -0.25) is 4.79 Å². The fraction of sp³-hybridized carbons (Fsp3) is 0.696. The average Bonchev–Trinajstić information content (AvgIpc) is 2.84. The Morgan fingerprint density at radius 2 is 2.04 bits per heavy atom. The highest BCUT2D eigenvalue weighted by Crippen LogP contribution is 2.70. The molecule has 27 heavy (non-hydrogen) atoms. The molecule has 0 heterocycles. The summed E-state index contributed by atoms with van der Waals surface area (Å²) in [6.07, 6.45) is 8.90. The van der Waals surface area contributed by atoms with Gasteiger partial charge in [-0.25, -0.2) is 4.39 Å². The molecule has 4 heteroatoms. The molecule has 0 aromatic carbocycles. The molecule has 0 saturated heterocycles. The lowest BCUT2D eigenvalue weighted by Crippen LogP contribution is -2.64. The van der Waals surface area contributed by atoms with E-state index in [0.717, 1.165) is 24.0 Å². The highest BCUT2D eigenvalue weighted by Gasteiger charge is 2.72. The maximum Gasteiger partial charge on any atom is 0.190 e. The minimum Gasteiger partial charge on any atom is -0.388 e. The summed E-state index contributed by atoms with van der Waals surface area (Å²) in [5.41, 5.74) is -2.25. The van der Waals surface area contributed by atoms with Crippen LogP contribution in [-0.4, -0.2) is 33.9 Å². The van der Waals surface area contributed by atoms with Crippen LogP contribution in [0.25, 0.3) is 0 Å². The Morgan fingerprint density at radius 3 is 2.70 bits per heavy atom. The minimum absolute atomic E-state index is 0.0661. The second kappa shape index (κ2) is 5.64. The second-order valence-corrected chi connectivity index (χ2v) is 9.80. The van der Waals surface area contributed by atoms with E-state index >= 15 is 4.39 Å². The molecule has 3 fully saturated rings. The van der Waals surface area contributed by atoms with Crippen LogP contribution in [0.3, 0.4) is 0 Å². The summed E-state index contributed by atoms with van der Waals surface area (Å²) < 4.78 is 16.8. The number of carbonyl (C=O) groups excluding carboxylic acids is 1. The number of rotatable bonds is 2. The summed E-state index contributed by atoms with van der Waals surface area (Å²) in [6, 6.07) is 0. The third-order valence-corrected chi connectivity index (χ3v) is 8.91. The Labute approximate surface area is 161 Å². The van der Waals surface area contributed by atoms with Crippen LogP contribution < -0.4 is 0 Å². The van der Waals surface area contributed by atoms with Gasteiger partial charge in [-0.2, -0.15) is 0 Å². The number of alkyl halides is 1. The fourth-order valence-electron chi connectivity index (χ4n) is 7.23. The lowest BCUT2D eigenvalue weighted by molar-refractivity contribution is -0.182. The summed E-state index contributed by atoms with van der Waals surface area (Å²) in [5.74, 6) is -1.05. The van der Waals surface area contributed by atoms with E-state index in [1.54, 1.807) is 0 Å². The SMILES string of the molecule is C=C1C=CC2(C)C(=C1)CCC1[C@@H]3C[C@@H](C)[C@](O)(C(=O)CO)C3(C)CC[C@@]12F. The maximum atomic E-state index is 16.8. The lowest BCUT2D eigenvalue weighted by atomic mass is 9.45. The Kier molecular flexibility index (Phi) is 3.98. The van der Waals surface area contributed by atoms with E-state index in [9.17, 15) is 15.0 Å². The predicted octanol–water partition coefficient (Wildman–Crippen LogP) is 3.91. The van der Waals surface area contributed by atoms with Gasteiger partial charge in [0.25, 0.3) is 0 Å². The van der Waals surface area contributed by atoms with Gasteiger partial charge < -0.3 is 10.2 Å². The maximum absolute atomic E-state index is 16.8. The first-order valence-electron chi connectivity index (χ1n) is 10.2. The number of aliphatic hydroxyl groups excluding tert-OH is 1. The fourth-order valence-corrected chi connectivity index (χ4v) is 7.23. The Balaban J connectivity index is 1.78. The number of fused-ring (bicyclic) bond motifs is 5. The quantitative estimate of drug-likeness (QED) is 0.770. The van der Waals surface area contributed by atoms with Gasteiger partial charge in [0.05, 0.1) is 0 Å². The zero-order valence-electron chi connectivity index (χ0n) is 16.6. The van der Waals surface area contributed by atoms with Crippen molar-refractivity contribution in [1.29, 1.82) is 0 Å². The van der Waals surface area contributed by atoms with Crippen LogP contribution in [-0.2, 0) is 4.79 Å². The van der Waals surface area contributed by atoms with Crippen LogP contribution in [0.5, 0.6) is 0 Å². The van der Waals surface area contributed by atoms with Crippen molar-refractivity contribution >= 4 is 5.78 Å². The van der Waals surface area contributed by atoms with Gasteiger partial charge in [0, 0.05) is 10.8 Å². The average molecular weight is 374 g/mol. The van der Waals surface area contributed by atoms with E-state index in [1.165, 1.54) is 0 Å². The molecule has 0 radical (unpaired) electrons. The molecule has 2 N–H and O–H groups in total. The molecule has 4 rings (SSSR count). The van der Waals surface area contributed by atoms with Crippen LogP contribution >= 0.6 is 0 Å². The topological polar surface area (TPSA) is 57.5 Å². The van der Waals surface area contributed by atoms with Gasteiger partial charge in [0.15, 0.2) is 5.78 Å². The molecule has 0 aliphatic heterocycles. The lowest BCUT2D eigenvalue weighted by Gasteiger charge is -2.61. The van der Waals surface area contributed by atoms with E-state index in [2.05, 4.69) is 6.58 Å². The molecule has 3 saturated carbocycles. The zero-order valence-corrected chi connectivity index (χ0v) is 16.6. The number of hydrogen-bond acceptors (Lipinski definition) is 3. The molecule has 0 bridgehead atoms. The van der Waals surface area contributed by atoms with E-state index in [1.807, 2.05) is 39.0 Å². The van der Waals surface area contributed by atoms with Gasteiger partial charge >= 0.3 is 0 Å². The van der Waals surface area contributed by atoms with Gasteiger partial charge in [-0.05, 0) is 62.4 Å². The van der Waals surface area contributed by atoms with Gasteiger partial charge in [-0.15, -0.1) is 0 Å². The van der Waals surface area contributed by atoms with Crippen molar-refractivity contribution in [3.63, 3.8) is 0 Å². The molecule has 3 nitrogen and oxygen atoms in total. The monoisotopic (exact) mass is 374 g/mol. The van der Waals surface area contributed by atoms with Crippen LogP contribution in [0.15, 0.2) is 36.0 Å². The summed E-state index contributed by atoms with van der Waals surface area (Å²) >= 11 is 0. The molecule has 148 valence electrons. The van der Waals surface area contributed by atoms with Crippen molar-refractivity contribution in [2.75, 3.05) is 6.61 Å². The molecule has 0 spiro atoms. The predicted molar refractivity (Wildman–Crippen MR) is 103 cm³/mol. The van der Waals surface area contributed by atoms with Crippen molar-refractivity contribution in [3.8, 4) is 0 Å². The van der Waals surface area contributed by atoms with E-state index < -0.39 is 34.5 Å². The summed E-state index contributed by atoms with van der Waals surface area (Å²) in [5, 5.41) is 20.9. The standard InChI is InChI=1S/C23H31FO3/c1-14-7-8-20(3)16(11-14)5-6-17-18-12-15(2)23(27,19(26)13-25)21(18,4)9-10-22(17,20)24/h7-8,11,15,17-18,25,27H,1,5-6,9-10,12-13H2,2-4H3/t15-,17?,18+,20?,21?,22-,23+/m1/s1. The highest BCUT2D eigenvalue weighted by atomic mass is 19.1. The van der Waals surface area contributed by atoms with Crippen molar-refractivity contribution in [2.45, 2.75) is 64.1 Å².